The van der Waals surface area contributed by atoms with E-state index in [4.69, 9.17) is 0 Å². The molecule has 0 atom stereocenters. The monoisotopic (exact) mass is 269 g/mol. The Labute approximate surface area is 108 Å². The molecular weight excluding hydrogens is 255 g/mol. The SMILES string of the molecule is FC(F)(F)c1ccc(NCCCc2ncc[nH]2)cc1. The van der Waals surface area contributed by atoms with Gasteiger partial charge in [0.25, 0.3) is 0 Å². The molecule has 19 heavy (non-hydrogen) atoms. The van der Waals surface area contributed by atoms with Gasteiger partial charge in [-0.25, -0.2) is 4.98 Å². The molecule has 0 aliphatic heterocycles. The van der Waals surface area contributed by atoms with Crippen molar-refractivity contribution in [2.24, 2.45) is 0 Å². The highest BCUT2D eigenvalue weighted by Crippen LogP contribution is 2.29. The van der Waals surface area contributed by atoms with Crippen LogP contribution in [0.15, 0.2) is 36.7 Å². The Hall–Kier alpha value is -1.98. The normalized spacial score (nSPS) is 11.5. The van der Waals surface area contributed by atoms with Crippen LogP contribution >= 0.6 is 0 Å². The average Bonchev–Trinajstić information content (AvgIpc) is 2.87. The predicted octanol–water partition coefficient (Wildman–Crippen LogP) is 3.47. The van der Waals surface area contributed by atoms with Crippen molar-refractivity contribution in [1.29, 1.82) is 0 Å². The van der Waals surface area contributed by atoms with Crippen LogP contribution in [0.1, 0.15) is 17.8 Å². The highest BCUT2D eigenvalue weighted by molar-refractivity contribution is 5.45. The molecule has 2 rings (SSSR count). The molecule has 0 amide bonds. The van der Waals surface area contributed by atoms with Crippen molar-refractivity contribution >= 4 is 5.69 Å². The molecular formula is C13H14F3N3. The van der Waals surface area contributed by atoms with Crippen molar-refractivity contribution in [3.63, 3.8) is 0 Å². The maximum Gasteiger partial charge on any atom is 0.416 e. The lowest BCUT2D eigenvalue weighted by molar-refractivity contribution is -0.137. The summed E-state index contributed by atoms with van der Waals surface area (Å²) in [6, 6.07) is 5.04. The van der Waals surface area contributed by atoms with Gasteiger partial charge in [0.2, 0.25) is 0 Å². The number of benzene rings is 1. The minimum absolute atomic E-state index is 0.631. The van der Waals surface area contributed by atoms with E-state index in [9.17, 15) is 13.2 Å². The van der Waals surface area contributed by atoms with Crippen molar-refractivity contribution in [1.82, 2.24) is 9.97 Å². The number of hydrogen-bond acceptors (Lipinski definition) is 2. The van der Waals surface area contributed by atoms with E-state index in [0.29, 0.717) is 12.2 Å². The first kappa shape index (κ1) is 13.5. The molecule has 0 aliphatic rings. The fraction of sp³-hybridized carbons (Fsp3) is 0.308. The van der Waals surface area contributed by atoms with Gasteiger partial charge >= 0.3 is 6.18 Å². The highest BCUT2D eigenvalue weighted by atomic mass is 19.4. The van der Waals surface area contributed by atoms with Crippen LogP contribution < -0.4 is 5.32 Å². The number of aromatic amines is 1. The smallest absolute Gasteiger partial charge is 0.385 e. The molecule has 2 N–H and O–H groups in total. The van der Waals surface area contributed by atoms with Crippen LogP contribution in [0, 0.1) is 0 Å². The lowest BCUT2D eigenvalue weighted by Crippen LogP contribution is -2.06. The molecule has 0 bridgehead atoms. The Balaban J connectivity index is 1.77. The van der Waals surface area contributed by atoms with Crippen LogP contribution in [0.4, 0.5) is 18.9 Å². The van der Waals surface area contributed by atoms with Gasteiger partial charge in [0, 0.05) is 31.0 Å². The number of aromatic nitrogens is 2. The molecule has 0 unspecified atom stereocenters. The summed E-state index contributed by atoms with van der Waals surface area (Å²) in [5.41, 5.74) is 0.0566. The molecule has 0 aliphatic carbocycles. The Morgan fingerprint density at radius 1 is 1.16 bits per heavy atom. The number of halogens is 3. The molecule has 1 aromatic carbocycles. The summed E-state index contributed by atoms with van der Waals surface area (Å²) in [5.74, 6) is 0.911. The van der Waals surface area contributed by atoms with Gasteiger partial charge in [-0.1, -0.05) is 0 Å². The summed E-state index contributed by atoms with van der Waals surface area (Å²) in [7, 11) is 0. The maximum atomic E-state index is 12.4. The topological polar surface area (TPSA) is 40.7 Å². The van der Waals surface area contributed by atoms with Gasteiger partial charge in [0.05, 0.1) is 5.56 Å². The van der Waals surface area contributed by atoms with Gasteiger partial charge in [-0.3, -0.25) is 0 Å². The molecule has 0 saturated heterocycles. The van der Waals surface area contributed by atoms with Gasteiger partial charge < -0.3 is 10.3 Å². The summed E-state index contributed by atoms with van der Waals surface area (Å²) in [5, 5.41) is 3.08. The average molecular weight is 269 g/mol. The largest absolute Gasteiger partial charge is 0.416 e. The highest BCUT2D eigenvalue weighted by Gasteiger charge is 2.29. The van der Waals surface area contributed by atoms with Crippen LogP contribution in [-0.2, 0) is 12.6 Å². The fourth-order valence-electron chi connectivity index (χ4n) is 1.70. The van der Waals surface area contributed by atoms with Crippen molar-refractivity contribution in [2.45, 2.75) is 19.0 Å². The number of anilines is 1. The maximum absolute atomic E-state index is 12.4. The zero-order chi connectivity index (χ0) is 13.7. The van der Waals surface area contributed by atoms with Crippen LogP contribution in [0.3, 0.4) is 0 Å². The number of imidazole rings is 1. The number of nitrogens with zero attached hydrogens (tertiary/aromatic N) is 1. The van der Waals surface area contributed by atoms with Crippen molar-refractivity contribution in [3.05, 3.63) is 48.0 Å². The Bertz CT molecular complexity index is 489. The van der Waals surface area contributed by atoms with E-state index in [1.54, 1.807) is 12.4 Å². The fourth-order valence-corrected chi connectivity index (χ4v) is 1.70. The summed E-state index contributed by atoms with van der Waals surface area (Å²) in [4.78, 5) is 7.09. The third-order valence-corrected chi connectivity index (χ3v) is 2.69. The first-order valence-corrected chi connectivity index (χ1v) is 5.95. The minimum atomic E-state index is -4.28. The third kappa shape index (κ3) is 4.01. The molecule has 6 heteroatoms. The molecule has 0 saturated carbocycles. The summed E-state index contributed by atoms with van der Waals surface area (Å²) < 4.78 is 37.1. The van der Waals surface area contributed by atoms with E-state index in [0.717, 1.165) is 30.8 Å². The molecule has 0 spiro atoms. The van der Waals surface area contributed by atoms with Crippen LogP contribution in [0.2, 0.25) is 0 Å². The molecule has 0 fully saturated rings. The summed E-state index contributed by atoms with van der Waals surface area (Å²) >= 11 is 0. The van der Waals surface area contributed by atoms with Gasteiger partial charge in [0.1, 0.15) is 5.82 Å². The first-order chi connectivity index (χ1) is 9.05. The summed E-state index contributed by atoms with van der Waals surface area (Å²) in [6.45, 7) is 0.687. The number of hydrogen-bond donors (Lipinski definition) is 2. The number of H-pyrrole nitrogens is 1. The standard InChI is InChI=1S/C13H14F3N3/c14-13(15,16)10-3-5-11(6-4-10)17-7-1-2-12-18-8-9-19-12/h3-6,8-9,17H,1-2,7H2,(H,18,19). The summed E-state index contributed by atoms with van der Waals surface area (Å²) in [6.07, 6.45) is 0.838. The van der Waals surface area contributed by atoms with Gasteiger partial charge in [0.15, 0.2) is 0 Å². The first-order valence-electron chi connectivity index (χ1n) is 5.95. The molecule has 0 radical (unpaired) electrons. The molecule has 102 valence electrons. The minimum Gasteiger partial charge on any atom is -0.385 e. The zero-order valence-electron chi connectivity index (χ0n) is 10.2. The van der Waals surface area contributed by atoms with E-state index >= 15 is 0 Å². The second-order valence-electron chi connectivity index (χ2n) is 4.14. The Morgan fingerprint density at radius 3 is 2.47 bits per heavy atom. The van der Waals surface area contributed by atoms with E-state index in [1.165, 1.54) is 12.1 Å². The van der Waals surface area contributed by atoms with Gasteiger partial charge in [-0.05, 0) is 30.7 Å². The Morgan fingerprint density at radius 2 is 1.89 bits per heavy atom. The number of nitrogens with one attached hydrogen (secondary N) is 2. The van der Waals surface area contributed by atoms with Crippen molar-refractivity contribution in [2.75, 3.05) is 11.9 Å². The van der Waals surface area contributed by atoms with Crippen molar-refractivity contribution < 1.29 is 13.2 Å². The van der Waals surface area contributed by atoms with Crippen LogP contribution in [-0.4, -0.2) is 16.5 Å². The van der Waals surface area contributed by atoms with E-state index < -0.39 is 11.7 Å². The lowest BCUT2D eigenvalue weighted by atomic mass is 10.2. The molecule has 2 aromatic rings. The van der Waals surface area contributed by atoms with Crippen LogP contribution in [0.5, 0.6) is 0 Å². The molecule has 1 heterocycles. The molecule has 3 nitrogen and oxygen atoms in total. The number of alkyl halides is 3. The third-order valence-electron chi connectivity index (χ3n) is 2.69. The molecule has 1 aromatic heterocycles. The van der Waals surface area contributed by atoms with Crippen LogP contribution in [0.25, 0.3) is 0 Å². The van der Waals surface area contributed by atoms with E-state index in [2.05, 4.69) is 15.3 Å². The quantitative estimate of drug-likeness (QED) is 0.816. The lowest BCUT2D eigenvalue weighted by Gasteiger charge is -2.09. The zero-order valence-corrected chi connectivity index (χ0v) is 10.2. The number of rotatable bonds is 5. The number of aryl methyl sites for hydroxylation is 1. The second kappa shape index (κ2) is 5.77. The Kier molecular flexibility index (Phi) is 4.09. The van der Waals surface area contributed by atoms with E-state index in [-0.39, 0.29) is 0 Å². The van der Waals surface area contributed by atoms with Crippen molar-refractivity contribution in [3.8, 4) is 0 Å². The second-order valence-corrected chi connectivity index (χ2v) is 4.14. The van der Waals surface area contributed by atoms with Gasteiger partial charge in [-0.15, -0.1) is 0 Å². The predicted molar refractivity (Wildman–Crippen MR) is 66.8 cm³/mol. The van der Waals surface area contributed by atoms with E-state index in [1.807, 2.05) is 0 Å². The van der Waals surface area contributed by atoms with Gasteiger partial charge in [-0.2, -0.15) is 13.2 Å².